The predicted octanol–water partition coefficient (Wildman–Crippen LogP) is 2.88. The molecule has 3 N–H and O–H groups in total. The van der Waals surface area contributed by atoms with Gasteiger partial charge in [-0.15, -0.1) is 12.4 Å². The molecule has 0 aromatic heterocycles. The lowest BCUT2D eigenvalue weighted by molar-refractivity contribution is -0.121. The largest absolute Gasteiger partial charge is 0.488 e. The summed E-state index contributed by atoms with van der Waals surface area (Å²) in [6.07, 6.45) is 1.07. The molecule has 1 amide bonds. The Morgan fingerprint density at radius 3 is 2.65 bits per heavy atom. The van der Waals surface area contributed by atoms with Crippen molar-refractivity contribution < 1.29 is 9.53 Å². The Balaban J connectivity index is 0.00000361. The van der Waals surface area contributed by atoms with E-state index in [2.05, 4.69) is 21.2 Å². The van der Waals surface area contributed by atoms with Crippen molar-refractivity contribution in [2.24, 2.45) is 5.73 Å². The highest BCUT2D eigenvalue weighted by Gasteiger charge is 2.09. The fourth-order valence-corrected chi connectivity index (χ4v) is 1.88. The zero-order valence-electron chi connectivity index (χ0n) is 11.8. The van der Waals surface area contributed by atoms with Crippen LogP contribution in [0.25, 0.3) is 0 Å². The van der Waals surface area contributed by atoms with Crippen LogP contribution in [0.2, 0.25) is 0 Å². The number of halogens is 2. The first kappa shape index (κ1) is 19.2. The normalized spacial score (nSPS) is 13.0. The number of nitrogens with one attached hydrogen (secondary N) is 1. The van der Waals surface area contributed by atoms with Gasteiger partial charge in [-0.2, -0.15) is 0 Å². The molecule has 0 fully saturated rings. The highest BCUT2D eigenvalue weighted by Crippen LogP contribution is 2.24. The number of hydrogen-bond donors (Lipinski definition) is 2. The van der Waals surface area contributed by atoms with E-state index >= 15 is 0 Å². The zero-order valence-corrected chi connectivity index (χ0v) is 14.2. The average molecular weight is 366 g/mol. The third kappa shape index (κ3) is 7.72. The van der Waals surface area contributed by atoms with Gasteiger partial charge >= 0.3 is 0 Å². The van der Waals surface area contributed by atoms with Gasteiger partial charge in [0, 0.05) is 12.5 Å². The van der Waals surface area contributed by atoms with Crippen LogP contribution in [0.5, 0.6) is 5.75 Å². The topological polar surface area (TPSA) is 64.4 Å². The summed E-state index contributed by atoms with van der Waals surface area (Å²) in [4.78, 5) is 11.5. The summed E-state index contributed by atoms with van der Waals surface area (Å²) in [6, 6.07) is 7.70. The number of rotatable bonds is 7. The number of hydrogen-bond acceptors (Lipinski definition) is 3. The molecule has 20 heavy (non-hydrogen) atoms. The zero-order chi connectivity index (χ0) is 14.3. The van der Waals surface area contributed by atoms with Crippen LogP contribution in [0.4, 0.5) is 0 Å². The molecule has 0 heterocycles. The van der Waals surface area contributed by atoms with E-state index < -0.39 is 0 Å². The van der Waals surface area contributed by atoms with Crippen LogP contribution in [-0.4, -0.2) is 24.6 Å². The van der Waals surface area contributed by atoms with E-state index in [1.807, 2.05) is 38.1 Å². The van der Waals surface area contributed by atoms with E-state index in [-0.39, 0.29) is 30.5 Å². The van der Waals surface area contributed by atoms with Crippen molar-refractivity contribution in [1.82, 2.24) is 5.32 Å². The average Bonchev–Trinajstić information content (AvgIpc) is 2.36. The van der Waals surface area contributed by atoms with Crippen LogP contribution in [-0.2, 0) is 4.79 Å². The minimum atomic E-state index is -0.0852. The molecule has 1 rings (SSSR count). The molecule has 114 valence electrons. The summed E-state index contributed by atoms with van der Waals surface area (Å²) >= 11 is 3.42. The van der Waals surface area contributed by atoms with E-state index in [1.165, 1.54) is 0 Å². The predicted molar refractivity (Wildman–Crippen MR) is 87.4 cm³/mol. The van der Waals surface area contributed by atoms with Crippen molar-refractivity contribution in [2.45, 2.75) is 38.8 Å². The van der Waals surface area contributed by atoms with Crippen LogP contribution in [0.3, 0.4) is 0 Å². The third-order valence-electron chi connectivity index (χ3n) is 2.58. The molecule has 0 aliphatic heterocycles. The Hall–Kier alpha value is -0.780. The Morgan fingerprint density at radius 2 is 2.05 bits per heavy atom. The van der Waals surface area contributed by atoms with Crippen LogP contribution in [0, 0.1) is 0 Å². The minimum absolute atomic E-state index is 0. The number of carbonyl (C=O) groups is 1. The second-order valence-electron chi connectivity index (χ2n) is 4.68. The lowest BCUT2D eigenvalue weighted by Gasteiger charge is -2.16. The summed E-state index contributed by atoms with van der Waals surface area (Å²) in [5, 5.41) is 2.84. The molecular weight excluding hydrogens is 344 g/mol. The van der Waals surface area contributed by atoms with Crippen LogP contribution in [0.15, 0.2) is 28.7 Å². The fourth-order valence-electron chi connectivity index (χ4n) is 1.50. The molecule has 0 radical (unpaired) electrons. The molecule has 0 aliphatic rings. The number of carbonyl (C=O) groups excluding carboxylic acids is 1. The van der Waals surface area contributed by atoms with Crippen molar-refractivity contribution >= 4 is 34.2 Å². The van der Waals surface area contributed by atoms with Gasteiger partial charge in [0.15, 0.2) is 0 Å². The van der Waals surface area contributed by atoms with Gasteiger partial charge in [0.25, 0.3) is 0 Å². The summed E-state index contributed by atoms with van der Waals surface area (Å²) in [6.45, 7) is 4.30. The van der Waals surface area contributed by atoms with Gasteiger partial charge in [-0.1, -0.05) is 12.1 Å². The van der Waals surface area contributed by atoms with Gasteiger partial charge in [-0.25, -0.2) is 0 Å². The second-order valence-corrected chi connectivity index (χ2v) is 5.53. The summed E-state index contributed by atoms with van der Waals surface area (Å²) in [5.41, 5.74) is 5.61. The molecule has 1 aromatic carbocycles. The van der Waals surface area contributed by atoms with E-state index in [0.717, 1.165) is 10.2 Å². The van der Waals surface area contributed by atoms with E-state index in [9.17, 15) is 4.79 Å². The monoisotopic (exact) mass is 364 g/mol. The summed E-state index contributed by atoms with van der Waals surface area (Å²) in [5.74, 6) is 0.791. The Bertz CT molecular complexity index is 416. The molecule has 6 heteroatoms. The maximum absolute atomic E-state index is 11.5. The molecule has 2 unspecified atom stereocenters. The summed E-state index contributed by atoms with van der Waals surface area (Å²) in [7, 11) is 0. The van der Waals surface area contributed by atoms with Gasteiger partial charge in [0.2, 0.25) is 5.91 Å². The van der Waals surface area contributed by atoms with E-state index in [4.69, 9.17) is 10.5 Å². The molecule has 0 aliphatic carbocycles. The molecular formula is C14H22BrClN2O2. The van der Waals surface area contributed by atoms with Crippen molar-refractivity contribution in [2.75, 3.05) is 6.54 Å². The van der Waals surface area contributed by atoms with Gasteiger partial charge < -0.3 is 15.8 Å². The number of nitrogens with two attached hydrogens (primary N) is 1. The van der Waals surface area contributed by atoms with Gasteiger partial charge in [0.1, 0.15) is 11.9 Å². The third-order valence-corrected chi connectivity index (χ3v) is 3.23. The smallest absolute Gasteiger partial charge is 0.220 e. The maximum atomic E-state index is 11.5. The SMILES string of the molecule is CC(N)CCC(=O)NCC(C)Oc1ccccc1Br.Cl. The molecule has 4 nitrogen and oxygen atoms in total. The summed E-state index contributed by atoms with van der Waals surface area (Å²) < 4.78 is 6.64. The fraction of sp³-hybridized carbons (Fsp3) is 0.500. The molecule has 1 aromatic rings. The molecule has 0 spiro atoms. The first-order chi connectivity index (χ1) is 8.99. The highest BCUT2D eigenvalue weighted by molar-refractivity contribution is 9.10. The number of para-hydroxylation sites is 1. The van der Waals surface area contributed by atoms with Crippen LogP contribution >= 0.6 is 28.3 Å². The van der Waals surface area contributed by atoms with Gasteiger partial charge in [0.05, 0.1) is 11.0 Å². The molecule has 0 saturated heterocycles. The Labute approximate surface area is 135 Å². The van der Waals surface area contributed by atoms with Crippen molar-refractivity contribution in [1.29, 1.82) is 0 Å². The Kier molecular flexibility index (Phi) is 9.63. The lowest BCUT2D eigenvalue weighted by Crippen LogP contribution is -2.34. The van der Waals surface area contributed by atoms with Crippen molar-refractivity contribution in [3.8, 4) is 5.75 Å². The van der Waals surface area contributed by atoms with Gasteiger partial charge in [-0.3, -0.25) is 4.79 Å². The quantitative estimate of drug-likeness (QED) is 0.781. The number of amides is 1. The van der Waals surface area contributed by atoms with Crippen LogP contribution < -0.4 is 15.8 Å². The molecule has 0 saturated carbocycles. The molecule has 0 bridgehead atoms. The standard InChI is InChI=1S/C14H21BrN2O2.ClH/c1-10(16)7-8-14(18)17-9-11(2)19-13-6-4-3-5-12(13)15;/h3-6,10-11H,7-9,16H2,1-2H3,(H,17,18);1H. The first-order valence-corrected chi connectivity index (χ1v) is 7.21. The number of ether oxygens (including phenoxy) is 1. The lowest BCUT2D eigenvalue weighted by atomic mass is 10.2. The van der Waals surface area contributed by atoms with Crippen molar-refractivity contribution in [3.05, 3.63) is 28.7 Å². The first-order valence-electron chi connectivity index (χ1n) is 6.42. The van der Waals surface area contributed by atoms with E-state index in [1.54, 1.807) is 0 Å². The second kappa shape index (κ2) is 10.0. The Morgan fingerprint density at radius 1 is 1.40 bits per heavy atom. The van der Waals surface area contributed by atoms with E-state index in [0.29, 0.717) is 19.4 Å². The van der Waals surface area contributed by atoms with Crippen molar-refractivity contribution in [3.63, 3.8) is 0 Å². The van der Waals surface area contributed by atoms with Gasteiger partial charge in [-0.05, 0) is 48.3 Å². The van der Waals surface area contributed by atoms with Crippen LogP contribution in [0.1, 0.15) is 26.7 Å². The number of benzene rings is 1. The molecule has 2 atom stereocenters. The highest BCUT2D eigenvalue weighted by atomic mass is 79.9. The maximum Gasteiger partial charge on any atom is 0.220 e. The minimum Gasteiger partial charge on any atom is -0.488 e.